The molecule has 0 amide bonds. The molecule has 0 aliphatic heterocycles. The number of hydrogen-bond donors (Lipinski definition) is 0. The van der Waals surface area contributed by atoms with Gasteiger partial charge in [-0.1, -0.05) is 118 Å². The summed E-state index contributed by atoms with van der Waals surface area (Å²) in [6, 6.07) is 0. The number of unbranched alkanes of at least 4 members (excludes halogenated alkanes) is 10. The van der Waals surface area contributed by atoms with E-state index in [0.29, 0.717) is 0 Å². The predicted octanol–water partition coefficient (Wildman–Crippen LogP) is 5.98. The third-order valence-corrected chi connectivity index (χ3v) is 12.7. The third kappa shape index (κ3) is 15.4. The molecule has 0 aliphatic rings. The summed E-state index contributed by atoms with van der Waals surface area (Å²) in [4.78, 5) is 0. The average molecular weight is 347 g/mol. The van der Waals surface area contributed by atoms with Crippen molar-refractivity contribution in [1.82, 2.24) is 0 Å². The van der Waals surface area contributed by atoms with Crippen molar-refractivity contribution in [2.75, 3.05) is 0 Å². The zero-order chi connectivity index (χ0) is 17.2. The Morgan fingerprint density at radius 3 is 0.958 bits per heavy atom. The molecule has 0 aromatic carbocycles. The molecule has 0 atom stereocenters. The fourth-order valence-electron chi connectivity index (χ4n) is 4.52. The van der Waals surface area contributed by atoms with E-state index in [4.69, 9.17) is 0 Å². The minimum atomic E-state index is -1.30. The van der Waals surface area contributed by atoms with Gasteiger partial charge >= 0.3 is 18.9 Å². The van der Waals surface area contributed by atoms with Crippen LogP contribution in [0.3, 0.4) is 0 Å². The molecule has 0 radical (unpaired) electrons. The summed E-state index contributed by atoms with van der Waals surface area (Å²) in [5.41, 5.74) is 0. The van der Waals surface area contributed by atoms with Crippen LogP contribution in [-0.2, 0) is 0 Å². The number of hydrogen-bond acceptors (Lipinski definition) is 0. The van der Waals surface area contributed by atoms with Crippen molar-refractivity contribution in [2.45, 2.75) is 139 Å². The normalized spacial score (nSPS) is 11.5. The Hall–Kier alpha value is 1.13. The molecule has 0 fully saturated rings. The van der Waals surface area contributed by atoms with Crippen LogP contribution in [0.2, 0.25) is 21.1 Å². The van der Waals surface area contributed by atoms with Gasteiger partial charge in [0.15, 0.2) is 0 Å². The molecule has 0 aromatic heterocycles. The summed E-state index contributed by atoms with van der Waals surface area (Å²) in [6.07, 6.45) is 20.7. The molecule has 0 unspecified atom stereocenters. The zero-order valence-electron chi connectivity index (χ0n) is 18.3. The first-order chi connectivity index (χ1) is 11.2. The Labute approximate surface area is 170 Å². The summed E-state index contributed by atoms with van der Waals surface area (Å²) < 4.78 is 0. The Balaban J connectivity index is 0. The molecule has 0 heterocycles. The van der Waals surface area contributed by atoms with E-state index in [1.807, 2.05) is 0 Å². The van der Waals surface area contributed by atoms with Crippen molar-refractivity contribution in [3.05, 3.63) is 0 Å². The Kier molecular flexibility index (Phi) is 23.3. The number of rotatable bonds is 18. The summed E-state index contributed by atoms with van der Waals surface area (Å²) in [6.45, 7) is 9.44. The van der Waals surface area contributed by atoms with Gasteiger partial charge in [0.25, 0.3) is 0 Å². The van der Waals surface area contributed by atoms with Gasteiger partial charge in [0.05, 0.1) is 0 Å². The molecular formula is C22H48AlLi. The molecule has 0 saturated heterocycles. The molecule has 0 spiro atoms. The summed E-state index contributed by atoms with van der Waals surface area (Å²) >= 11 is -1.30. The van der Waals surface area contributed by atoms with Crippen LogP contribution in [0.4, 0.5) is 0 Å². The molecule has 0 bridgehead atoms. The van der Waals surface area contributed by atoms with Crippen LogP contribution in [0.1, 0.15) is 118 Å². The van der Waals surface area contributed by atoms with Crippen LogP contribution >= 0.6 is 0 Å². The molecule has 0 nitrogen and oxygen atoms in total. The van der Waals surface area contributed by atoms with E-state index in [9.17, 15) is 0 Å². The van der Waals surface area contributed by atoms with Crippen molar-refractivity contribution in [1.29, 1.82) is 0 Å². The Morgan fingerprint density at radius 1 is 0.375 bits per heavy atom. The summed E-state index contributed by atoms with van der Waals surface area (Å²) in [5.74, 6) is 0. The van der Waals surface area contributed by atoms with E-state index in [1.165, 1.54) is 70.6 Å². The topological polar surface area (TPSA) is 0 Å². The zero-order valence-corrected chi connectivity index (χ0v) is 19.5. The van der Waals surface area contributed by atoms with Crippen molar-refractivity contribution < 1.29 is 18.9 Å². The average Bonchev–Trinajstić information content (AvgIpc) is 2.57. The van der Waals surface area contributed by atoms with Crippen LogP contribution in [0.15, 0.2) is 0 Å². The predicted molar refractivity (Wildman–Crippen MR) is 112 cm³/mol. The standard InChI is InChI=1S/3C6H13.C4H9.Al.Li/c3*1-3-5-6-4-2;1-3-4-2;;/h3*1,3-6H2,2H3;1,3-4H2,2H3;;/q;;;;-1;+1. The first-order valence-corrected chi connectivity index (χ1v) is 14.7. The second kappa shape index (κ2) is 20.4. The van der Waals surface area contributed by atoms with Gasteiger partial charge in [-0.3, -0.25) is 0 Å². The second-order valence-electron chi connectivity index (χ2n) is 8.42. The molecular weight excluding hydrogens is 298 g/mol. The van der Waals surface area contributed by atoms with Crippen LogP contribution < -0.4 is 18.9 Å². The van der Waals surface area contributed by atoms with Crippen LogP contribution in [-0.4, -0.2) is 13.1 Å². The van der Waals surface area contributed by atoms with Crippen LogP contribution in [0.5, 0.6) is 0 Å². The van der Waals surface area contributed by atoms with Gasteiger partial charge in [-0.15, -0.1) is 0 Å². The Morgan fingerprint density at radius 2 is 0.667 bits per heavy atom. The van der Waals surface area contributed by atoms with E-state index in [1.54, 1.807) is 40.4 Å². The minimum absolute atomic E-state index is 0. The van der Waals surface area contributed by atoms with E-state index >= 15 is 0 Å². The van der Waals surface area contributed by atoms with Gasteiger partial charge in [0.2, 0.25) is 0 Å². The fraction of sp³-hybridized carbons (Fsp3) is 1.00. The summed E-state index contributed by atoms with van der Waals surface area (Å²) in [7, 11) is 0. The maximum absolute atomic E-state index is 2.40. The van der Waals surface area contributed by atoms with Gasteiger partial charge in [0.1, 0.15) is 13.1 Å². The summed E-state index contributed by atoms with van der Waals surface area (Å²) in [5, 5.41) is 6.73. The van der Waals surface area contributed by atoms with Crippen LogP contribution in [0, 0.1) is 0 Å². The maximum Gasteiger partial charge on any atom is 1.00 e. The van der Waals surface area contributed by atoms with Crippen LogP contribution in [0.25, 0.3) is 0 Å². The maximum atomic E-state index is 2.40. The first-order valence-electron chi connectivity index (χ1n) is 11.5. The molecule has 0 rings (SSSR count). The molecule has 0 saturated carbocycles. The van der Waals surface area contributed by atoms with E-state index < -0.39 is 13.1 Å². The van der Waals surface area contributed by atoms with Crippen molar-refractivity contribution in [3.63, 3.8) is 0 Å². The molecule has 2 heteroatoms. The van der Waals surface area contributed by atoms with E-state index in [0.717, 1.165) is 0 Å². The van der Waals surface area contributed by atoms with Gasteiger partial charge < -0.3 is 0 Å². The molecule has 0 aliphatic carbocycles. The van der Waals surface area contributed by atoms with Gasteiger partial charge in [-0.2, -0.15) is 21.1 Å². The molecule has 24 heavy (non-hydrogen) atoms. The fourth-order valence-corrected chi connectivity index (χ4v) is 11.0. The minimum Gasteiger partial charge on any atom is -0.191 e. The smallest absolute Gasteiger partial charge is 0.191 e. The largest absolute Gasteiger partial charge is 1.00 e. The Bertz CT molecular complexity index is 199. The molecule has 0 aromatic rings. The van der Waals surface area contributed by atoms with Gasteiger partial charge in [-0.05, 0) is 0 Å². The quantitative estimate of drug-likeness (QED) is 0.211. The first kappa shape index (κ1) is 27.3. The third-order valence-electron chi connectivity index (χ3n) is 6.18. The molecule has 0 N–H and O–H groups in total. The second-order valence-corrected chi connectivity index (χ2v) is 14.2. The van der Waals surface area contributed by atoms with Crippen molar-refractivity contribution in [3.8, 4) is 0 Å². The van der Waals surface area contributed by atoms with E-state index in [-0.39, 0.29) is 18.9 Å². The van der Waals surface area contributed by atoms with Crippen molar-refractivity contribution >= 4 is 13.1 Å². The van der Waals surface area contributed by atoms with Crippen molar-refractivity contribution in [2.24, 2.45) is 0 Å². The van der Waals surface area contributed by atoms with Gasteiger partial charge in [0, 0.05) is 0 Å². The van der Waals surface area contributed by atoms with Gasteiger partial charge in [-0.25, -0.2) is 0 Å². The molecule has 140 valence electrons. The SMILES string of the molecule is CCCCC[CH2][Al-]([CH2]CCC)([CH2]CCCCC)[CH2]CCCCC.[Li+]. The monoisotopic (exact) mass is 346 g/mol. The van der Waals surface area contributed by atoms with E-state index in [2.05, 4.69) is 27.7 Å².